The monoisotopic (exact) mass is 317 g/mol. The third kappa shape index (κ3) is 11.6. The Balaban J connectivity index is 0. The van der Waals surface area contributed by atoms with Crippen molar-refractivity contribution in [1.29, 1.82) is 0 Å². The van der Waals surface area contributed by atoms with Crippen molar-refractivity contribution in [3.63, 3.8) is 0 Å². The zero-order valence-electron chi connectivity index (χ0n) is 9.91. The number of hydrogen-bond donors (Lipinski definition) is 1. The number of nitrogens with one attached hydrogen (secondary N) is 1. The van der Waals surface area contributed by atoms with Crippen molar-refractivity contribution in [3.05, 3.63) is 34.1 Å². The Morgan fingerprint density at radius 1 is 1.24 bits per heavy atom. The molecule has 0 fully saturated rings. The van der Waals surface area contributed by atoms with Crippen LogP contribution in [0.3, 0.4) is 0 Å². The van der Waals surface area contributed by atoms with Crippen molar-refractivity contribution < 1.29 is 17.6 Å². The summed E-state index contributed by atoms with van der Waals surface area (Å²) < 4.78 is 42.7. The van der Waals surface area contributed by atoms with Gasteiger partial charge in [0, 0.05) is 16.6 Å². The molecule has 1 aromatic rings. The van der Waals surface area contributed by atoms with E-state index in [1.165, 1.54) is 6.07 Å². The number of halogens is 5. The van der Waals surface area contributed by atoms with E-state index in [9.17, 15) is 17.6 Å². The maximum absolute atomic E-state index is 13.0. The molecule has 0 saturated heterocycles. The Labute approximate surface area is 107 Å². The molecule has 0 aliphatic carbocycles. The molecular formula is C11H16BrF4N. The van der Waals surface area contributed by atoms with Gasteiger partial charge < -0.3 is 5.32 Å². The first kappa shape index (κ1) is 18.7. The lowest BCUT2D eigenvalue weighted by Gasteiger charge is -2.01. The second kappa shape index (κ2) is 11.9. The van der Waals surface area contributed by atoms with Crippen LogP contribution >= 0.6 is 15.9 Å². The molecule has 0 radical (unpaired) electrons. The van der Waals surface area contributed by atoms with E-state index in [1.54, 1.807) is 13.1 Å². The molecule has 0 aliphatic rings. The van der Waals surface area contributed by atoms with Gasteiger partial charge in [-0.15, -0.1) is 0 Å². The lowest BCUT2D eigenvalue weighted by Crippen LogP contribution is -2.06. The summed E-state index contributed by atoms with van der Waals surface area (Å²) >= 11 is 3.19. The second-order valence-electron chi connectivity index (χ2n) is 2.51. The normalized spacial score (nSPS) is 9.00. The largest absolute Gasteiger partial charge is 0.379 e. The minimum absolute atomic E-state index is 0.172. The number of rotatable bonds is 2. The van der Waals surface area contributed by atoms with Crippen LogP contribution in [0.1, 0.15) is 19.4 Å². The molecule has 1 rings (SSSR count). The predicted molar refractivity (Wildman–Crippen MR) is 65.3 cm³/mol. The molecule has 0 heterocycles. The van der Waals surface area contributed by atoms with Crippen molar-refractivity contribution in [2.75, 3.05) is 7.05 Å². The Kier molecular flexibility index (Phi) is 13.1. The topological polar surface area (TPSA) is 12.0 Å². The molecule has 0 aliphatic heterocycles. The summed E-state index contributed by atoms with van der Waals surface area (Å²) in [4.78, 5) is 0. The highest BCUT2D eigenvalue weighted by Crippen LogP contribution is 2.14. The molecule has 0 aromatic heterocycles. The van der Waals surface area contributed by atoms with E-state index < -0.39 is 6.68 Å². The van der Waals surface area contributed by atoms with Crippen molar-refractivity contribution in [2.45, 2.75) is 27.1 Å². The summed E-state index contributed by atoms with van der Waals surface area (Å²) in [7, 11) is 1.79. The third-order valence-electron chi connectivity index (χ3n) is 1.38. The number of hydrogen-bond acceptors (Lipinski definition) is 1. The van der Waals surface area contributed by atoms with Gasteiger partial charge in [0.1, 0.15) is 5.82 Å². The second-order valence-corrected chi connectivity index (χ2v) is 3.43. The minimum Gasteiger partial charge on any atom is -0.316 e. The van der Waals surface area contributed by atoms with Gasteiger partial charge in [0.15, 0.2) is 0 Å². The highest BCUT2D eigenvalue weighted by Gasteiger charge is 1.99. The van der Waals surface area contributed by atoms with E-state index >= 15 is 0 Å². The number of alkyl halides is 3. The SMILES string of the molecule is CC.CNCc1ccc(Br)cc1F.FC(F)F. The number of benzene rings is 1. The minimum atomic E-state index is -3.67. The molecule has 0 spiro atoms. The lowest BCUT2D eigenvalue weighted by atomic mass is 10.2. The fourth-order valence-corrected chi connectivity index (χ4v) is 1.19. The van der Waals surface area contributed by atoms with E-state index in [-0.39, 0.29) is 5.82 Å². The zero-order chi connectivity index (χ0) is 13.8. The molecule has 1 N–H and O–H groups in total. The quantitative estimate of drug-likeness (QED) is 0.791. The zero-order valence-corrected chi connectivity index (χ0v) is 11.5. The van der Waals surface area contributed by atoms with Crippen LogP contribution in [0.5, 0.6) is 0 Å². The highest BCUT2D eigenvalue weighted by molar-refractivity contribution is 9.10. The van der Waals surface area contributed by atoms with Crippen LogP contribution < -0.4 is 5.32 Å². The summed E-state index contributed by atoms with van der Waals surface area (Å²) in [5.74, 6) is -0.172. The van der Waals surface area contributed by atoms with Crippen LogP contribution in [0.15, 0.2) is 22.7 Å². The van der Waals surface area contributed by atoms with Crippen molar-refractivity contribution in [3.8, 4) is 0 Å². The summed E-state index contributed by atoms with van der Waals surface area (Å²) in [6, 6.07) is 5.05. The lowest BCUT2D eigenvalue weighted by molar-refractivity contribution is 0.00819. The van der Waals surface area contributed by atoms with Gasteiger partial charge in [-0.25, -0.2) is 4.39 Å². The van der Waals surface area contributed by atoms with E-state index in [0.717, 1.165) is 4.47 Å². The van der Waals surface area contributed by atoms with Crippen LogP contribution in [0.25, 0.3) is 0 Å². The summed E-state index contributed by atoms with van der Waals surface area (Å²) in [6.45, 7) is 0.902. The molecular weight excluding hydrogens is 302 g/mol. The Morgan fingerprint density at radius 2 is 1.71 bits per heavy atom. The van der Waals surface area contributed by atoms with Gasteiger partial charge in [0.25, 0.3) is 0 Å². The average molecular weight is 318 g/mol. The summed E-state index contributed by atoms with van der Waals surface area (Å²) in [5.41, 5.74) is 0.690. The molecule has 100 valence electrons. The van der Waals surface area contributed by atoms with Crippen LogP contribution in [0.4, 0.5) is 17.6 Å². The fourth-order valence-electron chi connectivity index (χ4n) is 0.855. The van der Waals surface area contributed by atoms with Crippen molar-refractivity contribution in [2.24, 2.45) is 0 Å². The molecule has 17 heavy (non-hydrogen) atoms. The predicted octanol–water partition coefficient (Wildman–Crippen LogP) is 4.51. The molecule has 0 unspecified atom stereocenters. The molecule has 0 saturated carbocycles. The first-order valence-corrected chi connectivity index (χ1v) is 5.77. The molecule has 0 amide bonds. The molecule has 1 aromatic carbocycles. The highest BCUT2D eigenvalue weighted by atomic mass is 79.9. The summed E-state index contributed by atoms with van der Waals surface area (Å²) in [5, 5.41) is 2.89. The van der Waals surface area contributed by atoms with Crippen LogP contribution in [0, 0.1) is 5.82 Å². The van der Waals surface area contributed by atoms with Gasteiger partial charge in [-0.2, -0.15) is 13.2 Å². The van der Waals surface area contributed by atoms with Gasteiger partial charge in [0.05, 0.1) is 0 Å². The smallest absolute Gasteiger partial charge is 0.316 e. The Morgan fingerprint density at radius 3 is 2.06 bits per heavy atom. The van der Waals surface area contributed by atoms with Crippen molar-refractivity contribution in [1.82, 2.24) is 5.32 Å². The molecule has 0 bridgehead atoms. The maximum atomic E-state index is 13.0. The average Bonchev–Trinajstić information content (AvgIpc) is 2.24. The third-order valence-corrected chi connectivity index (χ3v) is 1.88. The van der Waals surface area contributed by atoms with Crippen molar-refractivity contribution >= 4 is 15.9 Å². The van der Waals surface area contributed by atoms with E-state index in [0.29, 0.717) is 12.1 Å². The standard InChI is InChI=1S/C8H9BrFN.C2H6.CHF3/c1-11-5-6-2-3-7(9)4-8(6)10;1-2;2-1(3)4/h2-4,11H,5H2,1H3;1-2H3;1H. The Bertz CT molecular complexity index is 292. The first-order chi connectivity index (χ1) is 7.97. The van der Waals surface area contributed by atoms with Gasteiger partial charge in [-0.05, 0) is 19.2 Å². The van der Waals surface area contributed by atoms with Gasteiger partial charge in [0.2, 0.25) is 0 Å². The molecule has 0 atom stereocenters. The van der Waals surface area contributed by atoms with Gasteiger partial charge >= 0.3 is 6.68 Å². The van der Waals surface area contributed by atoms with Crippen LogP contribution in [0.2, 0.25) is 0 Å². The maximum Gasteiger partial charge on any atom is 0.379 e. The summed E-state index contributed by atoms with van der Waals surface area (Å²) in [6.07, 6.45) is 0. The fraction of sp³-hybridized carbons (Fsp3) is 0.455. The molecule has 6 heteroatoms. The van der Waals surface area contributed by atoms with E-state index in [2.05, 4.69) is 21.2 Å². The van der Waals surface area contributed by atoms with Gasteiger partial charge in [-0.3, -0.25) is 0 Å². The molecule has 1 nitrogen and oxygen atoms in total. The van der Waals surface area contributed by atoms with E-state index in [4.69, 9.17) is 0 Å². The first-order valence-electron chi connectivity index (χ1n) is 4.98. The van der Waals surface area contributed by atoms with Crippen LogP contribution in [-0.2, 0) is 6.54 Å². The van der Waals surface area contributed by atoms with E-state index in [1.807, 2.05) is 19.9 Å². The Hall–Kier alpha value is -0.620. The van der Waals surface area contributed by atoms with Gasteiger partial charge in [-0.1, -0.05) is 35.8 Å². The van der Waals surface area contributed by atoms with Crippen LogP contribution in [-0.4, -0.2) is 13.7 Å².